The average molecular weight is 193 g/mol. The molecule has 0 aliphatic rings. The average Bonchev–Trinajstić information content (AvgIpc) is 2.16. The summed E-state index contributed by atoms with van der Waals surface area (Å²) in [5, 5.41) is 0. The molecule has 1 rings (SSSR count). The highest BCUT2D eigenvalue weighted by atomic mass is 16.5. The Balaban J connectivity index is 2.63. The molecule has 0 bridgehead atoms. The molecule has 76 valence electrons. The van der Waals surface area contributed by atoms with Crippen molar-refractivity contribution in [1.29, 1.82) is 0 Å². The van der Waals surface area contributed by atoms with Crippen LogP contribution in [0.3, 0.4) is 0 Å². The molecule has 0 saturated carbocycles. The lowest BCUT2D eigenvalue weighted by Crippen LogP contribution is -2.10. The number of hydrogen-bond acceptors (Lipinski definition) is 3. The first-order valence-corrected chi connectivity index (χ1v) is 4.64. The minimum absolute atomic E-state index is 0.0741. The van der Waals surface area contributed by atoms with Gasteiger partial charge in [0.05, 0.1) is 5.69 Å². The van der Waals surface area contributed by atoms with Crippen LogP contribution in [0, 0.1) is 6.92 Å². The van der Waals surface area contributed by atoms with Gasteiger partial charge in [-0.25, -0.2) is 0 Å². The molecule has 0 radical (unpaired) electrons. The van der Waals surface area contributed by atoms with Gasteiger partial charge in [0.25, 0.3) is 0 Å². The molecule has 0 aliphatic heterocycles. The van der Waals surface area contributed by atoms with Crippen LogP contribution < -0.4 is 10.5 Å². The van der Waals surface area contributed by atoms with Gasteiger partial charge in [-0.15, -0.1) is 0 Å². The van der Waals surface area contributed by atoms with Crippen molar-refractivity contribution < 1.29 is 9.53 Å². The second-order valence-corrected chi connectivity index (χ2v) is 3.22. The summed E-state index contributed by atoms with van der Waals surface area (Å²) >= 11 is 0. The first kappa shape index (κ1) is 10.6. The SMILES string of the molecule is CCC(=O)COc1ccc(C)cc1N. The van der Waals surface area contributed by atoms with Crippen LogP contribution in [0.5, 0.6) is 5.75 Å². The Hall–Kier alpha value is -1.51. The summed E-state index contributed by atoms with van der Waals surface area (Å²) in [5.74, 6) is 0.655. The standard InChI is InChI=1S/C11H15NO2/c1-3-9(13)7-14-11-5-4-8(2)6-10(11)12/h4-6H,3,7,12H2,1-2H3. The zero-order valence-corrected chi connectivity index (χ0v) is 8.54. The molecule has 0 aromatic heterocycles. The maximum Gasteiger partial charge on any atom is 0.169 e. The third-order valence-electron chi connectivity index (χ3n) is 1.95. The molecule has 3 nitrogen and oxygen atoms in total. The number of ketones is 1. The molecular weight excluding hydrogens is 178 g/mol. The van der Waals surface area contributed by atoms with Gasteiger partial charge in [-0.05, 0) is 24.6 Å². The number of nitrogens with two attached hydrogens (primary N) is 1. The third-order valence-corrected chi connectivity index (χ3v) is 1.95. The Labute approximate surface area is 83.9 Å². The molecular formula is C11H15NO2. The van der Waals surface area contributed by atoms with E-state index in [1.54, 1.807) is 6.07 Å². The van der Waals surface area contributed by atoms with Crippen LogP contribution in [0.4, 0.5) is 5.69 Å². The summed E-state index contributed by atoms with van der Waals surface area (Å²) in [4.78, 5) is 11.0. The summed E-state index contributed by atoms with van der Waals surface area (Å²) in [6.45, 7) is 3.87. The topological polar surface area (TPSA) is 52.3 Å². The van der Waals surface area contributed by atoms with E-state index in [2.05, 4.69) is 0 Å². The van der Waals surface area contributed by atoms with E-state index in [1.807, 2.05) is 26.0 Å². The van der Waals surface area contributed by atoms with E-state index in [4.69, 9.17) is 10.5 Å². The van der Waals surface area contributed by atoms with Crippen LogP contribution in [-0.4, -0.2) is 12.4 Å². The highest BCUT2D eigenvalue weighted by molar-refractivity contribution is 5.79. The molecule has 0 saturated heterocycles. The molecule has 0 spiro atoms. The van der Waals surface area contributed by atoms with Gasteiger partial charge in [0.1, 0.15) is 12.4 Å². The largest absolute Gasteiger partial charge is 0.484 e. The number of Topliss-reactive ketones (excluding diaryl/α,β-unsaturated/α-hetero) is 1. The number of benzene rings is 1. The maximum absolute atomic E-state index is 11.0. The Morgan fingerprint density at radius 3 is 2.79 bits per heavy atom. The van der Waals surface area contributed by atoms with Gasteiger partial charge < -0.3 is 10.5 Å². The zero-order valence-electron chi connectivity index (χ0n) is 8.54. The van der Waals surface area contributed by atoms with Gasteiger partial charge in [-0.2, -0.15) is 0 Å². The normalized spacial score (nSPS) is 9.86. The molecule has 1 aromatic rings. The van der Waals surface area contributed by atoms with E-state index in [0.29, 0.717) is 17.9 Å². The second-order valence-electron chi connectivity index (χ2n) is 3.22. The number of hydrogen-bond donors (Lipinski definition) is 1. The van der Waals surface area contributed by atoms with E-state index < -0.39 is 0 Å². The zero-order chi connectivity index (χ0) is 10.6. The number of rotatable bonds is 4. The fourth-order valence-electron chi connectivity index (χ4n) is 1.06. The van der Waals surface area contributed by atoms with E-state index in [0.717, 1.165) is 5.56 Å². The summed E-state index contributed by atoms with van der Waals surface area (Å²) < 4.78 is 5.27. The molecule has 1 aromatic carbocycles. The van der Waals surface area contributed by atoms with Crippen molar-refractivity contribution >= 4 is 11.5 Å². The van der Waals surface area contributed by atoms with Crippen LogP contribution >= 0.6 is 0 Å². The Morgan fingerprint density at radius 1 is 1.50 bits per heavy atom. The summed E-state index contributed by atoms with van der Waals surface area (Å²) in [6, 6.07) is 5.52. The highest BCUT2D eigenvalue weighted by Gasteiger charge is 2.03. The van der Waals surface area contributed by atoms with E-state index in [-0.39, 0.29) is 12.4 Å². The van der Waals surface area contributed by atoms with Gasteiger partial charge in [0.15, 0.2) is 5.78 Å². The Bertz CT molecular complexity index is 334. The number of carbonyl (C=O) groups excluding carboxylic acids is 1. The van der Waals surface area contributed by atoms with Crippen LogP contribution in [0.1, 0.15) is 18.9 Å². The van der Waals surface area contributed by atoms with E-state index in [9.17, 15) is 4.79 Å². The van der Waals surface area contributed by atoms with Crippen LogP contribution in [0.15, 0.2) is 18.2 Å². The van der Waals surface area contributed by atoms with Crippen molar-refractivity contribution in [2.75, 3.05) is 12.3 Å². The van der Waals surface area contributed by atoms with Gasteiger partial charge in [-0.3, -0.25) is 4.79 Å². The van der Waals surface area contributed by atoms with Crippen molar-refractivity contribution in [2.45, 2.75) is 20.3 Å². The van der Waals surface area contributed by atoms with E-state index >= 15 is 0 Å². The van der Waals surface area contributed by atoms with Crippen molar-refractivity contribution in [3.63, 3.8) is 0 Å². The quantitative estimate of drug-likeness (QED) is 0.743. The lowest BCUT2D eigenvalue weighted by Gasteiger charge is -2.07. The Kier molecular flexibility index (Phi) is 3.51. The molecule has 0 amide bonds. The molecule has 0 aliphatic carbocycles. The number of carbonyl (C=O) groups is 1. The van der Waals surface area contributed by atoms with Crippen molar-refractivity contribution in [3.8, 4) is 5.75 Å². The molecule has 0 heterocycles. The predicted molar refractivity (Wildman–Crippen MR) is 56.4 cm³/mol. The van der Waals surface area contributed by atoms with Crippen molar-refractivity contribution in [2.24, 2.45) is 0 Å². The van der Waals surface area contributed by atoms with Gasteiger partial charge in [0.2, 0.25) is 0 Å². The maximum atomic E-state index is 11.0. The van der Waals surface area contributed by atoms with Gasteiger partial charge in [0, 0.05) is 6.42 Å². The fraction of sp³-hybridized carbons (Fsp3) is 0.364. The minimum Gasteiger partial charge on any atom is -0.484 e. The summed E-state index contributed by atoms with van der Waals surface area (Å²) in [6.07, 6.45) is 0.492. The van der Waals surface area contributed by atoms with Crippen LogP contribution in [-0.2, 0) is 4.79 Å². The fourth-order valence-corrected chi connectivity index (χ4v) is 1.06. The smallest absolute Gasteiger partial charge is 0.169 e. The lowest BCUT2D eigenvalue weighted by atomic mass is 10.2. The number of aryl methyl sites for hydroxylation is 1. The molecule has 0 atom stereocenters. The van der Waals surface area contributed by atoms with Crippen LogP contribution in [0.25, 0.3) is 0 Å². The summed E-state index contributed by atoms with van der Waals surface area (Å²) in [5.41, 5.74) is 7.37. The number of ether oxygens (including phenoxy) is 1. The molecule has 2 N–H and O–H groups in total. The highest BCUT2D eigenvalue weighted by Crippen LogP contribution is 2.21. The summed E-state index contributed by atoms with van der Waals surface area (Å²) in [7, 11) is 0. The molecule has 3 heteroatoms. The second kappa shape index (κ2) is 4.65. The first-order valence-electron chi connectivity index (χ1n) is 4.64. The molecule has 14 heavy (non-hydrogen) atoms. The van der Waals surface area contributed by atoms with Gasteiger partial charge >= 0.3 is 0 Å². The van der Waals surface area contributed by atoms with Crippen LogP contribution in [0.2, 0.25) is 0 Å². The number of nitrogen functional groups attached to an aromatic ring is 1. The minimum atomic E-state index is 0.0741. The third kappa shape index (κ3) is 2.76. The molecule has 0 fully saturated rings. The Morgan fingerprint density at radius 2 is 2.21 bits per heavy atom. The first-order chi connectivity index (χ1) is 6.63. The monoisotopic (exact) mass is 193 g/mol. The molecule has 0 unspecified atom stereocenters. The lowest BCUT2D eigenvalue weighted by molar-refractivity contribution is -0.120. The number of anilines is 1. The van der Waals surface area contributed by atoms with Crippen molar-refractivity contribution in [3.05, 3.63) is 23.8 Å². The van der Waals surface area contributed by atoms with Gasteiger partial charge in [-0.1, -0.05) is 13.0 Å². The predicted octanol–water partition coefficient (Wildman–Crippen LogP) is 1.94. The van der Waals surface area contributed by atoms with E-state index in [1.165, 1.54) is 0 Å². The van der Waals surface area contributed by atoms with Crippen molar-refractivity contribution in [1.82, 2.24) is 0 Å².